The summed E-state index contributed by atoms with van der Waals surface area (Å²) in [6, 6.07) is 6.50. The molecule has 0 fully saturated rings. The summed E-state index contributed by atoms with van der Waals surface area (Å²) < 4.78 is 0. The third kappa shape index (κ3) is 2.64. The highest BCUT2D eigenvalue weighted by molar-refractivity contribution is 9.08. The van der Waals surface area contributed by atoms with Gasteiger partial charge in [0.15, 0.2) is 0 Å². The second-order valence-electron chi connectivity index (χ2n) is 3.61. The van der Waals surface area contributed by atoms with Crippen LogP contribution in [0.25, 0.3) is 0 Å². The van der Waals surface area contributed by atoms with Gasteiger partial charge in [0.05, 0.1) is 0 Å². The fraction of sp³-hybridized carbons (Fsp3) is 0.455. The molecule has 0 aromatic heterocycles. The molecule has 0 N–H and O–H groups in total. The zero-order valence-electron chi connectivity index (χ0n) is 8.72. The number of hydrogen-bond donors (Lipinski definition) is 0. The quantitative estimate of drug-likeness (QED) is 0.752. The van der Waals surface area contributed by atoms with Gasteiger partial charge in [-0.1, -0.05) is 27.5 Å². The lowest BCUT2D eigenvalue weighted by Crippen LogP contribution is -2.26. The van der Waals surface area contributed by atoms with E-state index in [1.807, 2.05) is 12.1 Å². The Morgan fingerprint density at radius 2 is 2.07 bits per heavy atom. The summed E-state index contributed by atoms with van der Waals surface area (Å²) in [5.74, 6) is 0. The van der Waals surface area contributed by atoms with Crippen LogP contribution in [0.5, 0.6) is 0 Å². The molecule has 0 spiro atoms. The van der Waals surface area contributed by atoms with Crippen LogP contribution < -0.4 is 4.90 Å². The largest absolute Gasteiger partial charge is 0.372 e. The first-order valence-electron chi connectivity index (χ1n) is 4.63. The van der Waals surface area contributed by atoms with Crippen LogP contribution in [0.2, 0.25) is 5.02 Å². The van der Waals surface area contributed by atoms with Crippen molar-refractivity contribution in [3.8, 4) is 0 Å². The van der Waals surface area contributed by atoms with Crippen molar-refractivity contribution in [1.29, 1.82) is 0 Å². The van der Waals surface area contributed by atoms with Crippen LogP contribution in [0.1, 0.15) is 19.4 Å². The maximum absolute atomic E-state index is 5.94. The van der Waals surface area contributed by atoms with E-state index >= 15 is 0 Å². The molecule has 0 atom stereocenters. The van der Waals surface area contributed by atoms with Gasteiger partial charge in [-0.15, -0.1) is 0 Å². The first-order valence-corrected chi connectivity index (χ1v) is 6.13. The fourth-order valence-corrected chi connectivity index (χ4v) is 1.93. The molecule has 0 saturated heterocycles. The molecule has 1 nitrogen and oxygen atoms in total. The summed E-state index contributed by atoms with van der Waals surface area (Å²) >= 11 is 9.42. The average Bonchev–Trinajstić information content (AvgIpc) is 2.16. The van der Waals surface area contributed by atoms with Gasteiger partial charge in [0.25, 0.3) is 0 Å². The van der Waals surface area contributed by atoms with Gasteiger partial charge >= 0.3 is 0 Å². The van der Waals surface area contributed by atoms with Gasteiger partial charge in [-0.05, 0) is 37.6 Å². The van der Waals surface area contributed by atoms with E-state index in [0.29, 0.717) is 6.04 Å². The van der Waals surface area contributed by atoms with Gasteiger partial charge in [-0.25, -0.2) is 0 Å². The van der Waals surface area contributed by atoms with Crippen LogP contribution in [0.3, 0.4) is 0 Å². The zero-order valence-corrected chi connectivity index (χ0v) is 11.1. The minimum absolute atomic E-state index is 0.494. The lowest BCUT2D eigenvalue weighted by atomic mass is 10.1. The minimum Gasteiger partial charge on any atom is -0.372 e. The molecule has 3 heteroatoms. The van der Waals surface area contributed by atoms with E-state index in [-0.39, 0.29) is 0 Å². The molecule has 0 unspecified atom stereocenters. The third-order valence-electron chi connectivity index (χ3n) is 2.34. The topological polar surface area (TPSA) is 3.24 Å². The molecule has 0 aliphatic rings. The molecule has 78 valence electrons. The van der Waals surface area contributed by atoms with Crippen molar-refractivity contribution in [2.75, 3.05) is 11.9 Å². The Labute approximate surface area is 99.2 Å². The van der Waals surface area contributed by atoms with E-state index in [0.717, 1.165) is 10.4 Å². The molecular weight excluding hydrogens is 261 g/mol. The van der Waals surface area contributed by atoms with Gasteiger partial charge < -0.3 is 4.90 Å². The zero-order chi connectivity index (χ0) is 10.7. The third-order valence-corrected chi connectivity index (χ3v) is 3.18. The standard InChI is InChI=1S/C11H15BrClN/c1-8(2)14(3)11-5-4-10(13)6-9(11)7-12/h4-6,8H,7H2,1-3H3. The van der Waals surface area contributed by atoms with E-state index in [1.165, 1.54) is 11.3 Å². The maximum Gasteiger partial charge on any atom is 0.0410 e. The summed E-state index contributed by atoms with van der Waals surface area (Å²) in [6.07, 6.45) is 0. The molecule has 0 aliphatic carbocycles. The van der Waals surface area contributed by atoms with Crippen LogP contribution in [-0.4, -0.2) is 13.1 Å². The lowest BCUT2D eigenvalue weighted by Gasteiger charge is -2.26. The molecule has 14 heavy (non-hydrogen) atoms. The van der Waals surface area contributed by atoms with Crippen molar-refractivity contribution in [3.63, 3.8) is 0 Å². The van der Waals surface area contributed by atoms with E-state index in [1.54, 1.807) is 0 Å². The Hall–Kier alpha value is -0.210. The van der Waals surface area contributed by atoms with Gasteiger partial charge in [0.1, 0.15) is 0 Å². The maximum atomic E-state index is 5.94. The molecule has 0 saturated carbocycles. The van der Waals surface area contributed by atoms with E-state index < -0.39 is 0 Å². The van der Waals surface area contributed by atoms with Gasteiger partial charge in [-0.2, -0.15) is 0 Å². The second kappa shape index (κ2) is 5.04. The lowest BCUT2D eigenvalue weighted by molar-refractivity contribution is 0.752. The summed E-state index contributed by atoms with van der Waals surface area (Å²) in [7, 11) is 2.10. The Balaban J connectivity index is 3.07. The molecule has 1 aromatic rings. The highest BCUT2D eigenvalue weighted by Gasteiger charge is 2.09. The summed E-state index contributed by atoms with van der Waals surface area (Å²) in [4.78, 5) is 2.24. The van der Waals surface area contributed by atoms with Crippen molar-refractivity contribution in [2.45, 2.75) is 25.2 Å². The molecule has 1 rings (SSSR count). The smallest absolute Gasteiger partial charge is 0.0410 e. The number of anilines is 1. The molecule has 1 aromatic carbocycles. The van der Waals surface area contributed by atoms with Crippen LogP contribution in [0.15, 0.2) is 18.2 Å². The van der Waals surface area contributed by atoms with E-state index in [4.69, 9.17) is 11.6 Å². The number of hydrogen-bond acceptors (Lipinski definition) is 1. The first-order chi connectivity index (χ1) is 6.56. The summed E-state index contributed by atoms with van der Waals surface area (Å²) in [5.41, 5.74) is 2.47. The number of rotatable bonds is 3. The van der Waals surface area contributed by atoms with Crippen molar-refractivity contribution < 1.29 is 0 Å². The molecule has 0 amide bonds. The van der Waals surface area contributed by atoms with E-state index in [9.17, 15) is 0 Å². The highest BCUT2D eigenvalue weighted by atomic mass is 79.9. The second-order valence-corrected chi connectivity index (χ2v) is 4.61. The van der Waals surface area contributed by atoms with Crippen molar-refractivity contribution >= 4 is 33.2 Å². The normalized spacial score (nSPS) is 10.7. The SMILES string of the molecule is CC(C)N(C)c1ccc(Cl)cc1CBr. The fourth-order valence-electron chi connectivity index (χ4n) is 1.28. The number of benzene rings is 1. The molecule has 0 radical (unpaired) electrons. The number of halogens is 2. The summed E-state index contributed by atoms with van der Waals surface area (Å²) in [5, 5.41) is 1.63. The monoisotopic (exact) mass is 275 g/mol. The van der Waals surface area contributed by atoms with Gasteiger partial charge in [0, 0.05) is 29.1 Å². The molecule has 0 aliphatic heterocycles. The predicted molar refractivity (Wildman–Crippen MR) is 67.6 cm³/mol. The van der Waals surface area contributed by atoms with Crippen LogP contribution in [0, 0.1) is 0 Å². The van der Waals surface area contributed by atoms with Crippen LogP contribution in [-0.2, 0) is 5.33 Å². The summed E-state index contributed by atoms with van der Waals surface area (Å²) in [6.45, 7) is 4.35. The van der Waals surface area contributed by atoms with Crippen molar-refractivity contribution in [3.05, 3.63) is 28.8 Å². The Kier molecular flexibility index (Phi) is 4.27. The highest BCUT2D eigenvalue weighted by Crippen LogP contribution is 2.26. The Bertz CT molecular complexity index is 312. The average molecular weight is 277 g/mol. The number of nitrogens with zero attached hydrogens (tertiary/aromatic N) is 1. The molecule has 0 bridgehead atoms. The first kappa shape index (κ1) is 11.9. The number of alkyl halides is 1. The van der Waals surface area contributed by atoms with Crippen molar-refractivity contribution in [2.24, 2.45) is 0 Å². The molecule has 0 heterocycles. The van der Waals surface area contributed by atoms with Crippen molar-refractivity contribution in [1.82, 2.24) is 0 Å². The Morgan fingerprint density at radius 3 is 2.57 bits per heavy atom. The molecular formula is C11H15BrClN. The predicted octanol–water partition coefficient (Wildman–Crippen LogP) is 4.08. The minimum atomic E-state index is 0.494. The van der Waals surface area contributed by atoms with Crippen LogP contribution >= 0.6 is 27.5 Å². The van der Waals surface area contributed by atoms with Gasteiger partial charge in [-0.3, -0.25) is 0 Å². The van der Waals surface area contributed by atoms with Gasteiger partial charge in [0.2, 0.25) is 0 Å². The Morgan fingerprint density at radius 1 is 1.43 bits per heavy atom. The van der Waals surface area contributed by atoms with E-state index in [2.05, 4.69) is 47.8 Å². The van der Waals surface area contributed by atoms with Crippen LogP contribution in [0.4, 0.5) is 5.69 Å².